The summed E-state index contributed by atoms with van der Waals surface area (Å²) in [6.07, 6.45) is 5.98. The highest BCUT2D eigenvalue weighted by molar-refractivity contribution is 5.76. The van der Waals surface area contributed by atoms with Gasteiger partial charge in [-0.2, -0.15) is 0 Å². The molecule has 1 amide bonds. The molecule has 23 heavy (non-hydrogen) atoms. The van der Waals surface area contributed by atoms with Crippen molar-refractivity contribution in [3.63, 3.8) is 0 Å². The number of hydrogen-bond acceptors (Lipinski definition) is 2. The lowest BCUT2D eigenvalue weighted by molar-refractivity contribution is -0.121. The number of aryl methyl sites for hydroxylation is 1. The van der Waals surface area contributed by atoms with Gasteiger partial charge in [-0.15, -0.1) is 0 Å². The van der Waals surface area contributed by atoms with Gasteiger partial charge in [-0.3, -0.25) is 4.79 Å². The summed E-state index contributed by atoms with van der Waals surface area (Å²) in [7, 11) is 0. The minimum absolute atomic E-state index is 0.00149. The fourth-order valence-electron chi connectivity index (χ4n) is 2.68. The standard InChI is InChI=1S/C19H20N2O2/c1-15-6-4-7-16(12-15)18(21-9-2-3-10-21)13-19(22)20-14-17-8-5-11-23-17/h2-12,18H,13-14H2,1H3,(H,20,22)/t18-/m1/s1. The monoisotopic (exact) mass is 308 g/mol. The molecule has 0 fully saturated rings. The van der Waals surface area contributed by atoms with Crippen LogP contribution in [0.5, 0.6) is 0 Å². The Morgan fingerprint density at radius 2 is 2.00 bits per heavy atom. The molecule has 1 N–H and O–H groups in total. The van der Waals surface area contributed by atoms with Gasteiger partial charge < -0.3 is 14.3 Å². The molecule has 0 aliphatic rings. The van der Waals surface area contributed by atoms with Crippen LogP contribution in [0.15, 0.2) is 71.6 Å². The summed E-state index contributed by atoms with van der Waals surface area (Å²) in [5.74, 6) is 0.757. The van der Waals surface area contributed by atoms with Crippen LogP contribution in [0.1, 0.15) is 29.3 Å². The van der Waals surface area contributed by atoms with E-state index in [2.05, 4.69) is 35.0 Å². The molecule has 1 atom stereocenters. The minimum Gasteiger partial charge on any atom is -0.467 e. The van der Waals surface area contributed by atoms with Gasteiger partial charge in [0, 0.05) is 12.4 Å². The Hall–Kier alpha value is -2.75. The van der Waals surface area contributed by atoms with Gasteiger partial charge in [-0.05, 0) is 36.8 Å². The van der Waals surface area contributed by atoms with Crippen LogP contribution in [-0.4, -0.2) is 10.5 Å². The molecule has 0 bridgehead atoms. The number of nitrogens with zero attached hydrogens (tertiary/aromatic N) is 1. The van der Waals surface area contributed by atoms with E-state index < -0.39 is 0 Å². The van der Waals surface area contributed by atoms with Crippen molar-refractivity contribution in [3.05, 3.63) is 84.1 Å². The number of furan rings is 1. The quantitative estimate of drug-likeness (QED) is 0.755. The van der Waals surface area contributed by atoms with Crippen LogP contribution in [0, 0.1) is 6.92 Å². The first-order chi connectivity index (χ1) is 11.2. The van der Waals surface area contributed by atoms with E-state index in [1.165, 1.54) is 5.56 Å². The Kier molecular flexibility index (Phi) is 4.62. The number of amides is 1. The average Bonchev–Trinajstić information content (AvgIpc) is 3.24. The van der Waals surface area contributed by atoms with Crippen LogP contribution in [0.4, 0.5) is 0 Å². The van der Waals surface area contributed by atoms with E-state index in [0.29, 0.717) is 13.0 Å². The Morgan fingerprint density at radius 1 is 1.17 bits per heavy atom. The second-order valence-corrected chi connectivity index (χ2v) is 5.62. The van der Waals surface area contributed by atoms with Gasteiger partial charge in [0.2, 0.25) is 5.91 Å². The zero-order valence-electron chi connectivity index (χ0n) is 13.1. The highest BCUT2D eigenvalue weighted by Gasteiger charge is 2.17. The van der Waals surface area contributed by atoms with Gasteiger partial charge in [-0.1, -0.05) is 29.8 Å². The van der Waals surface area contributed by atoms with E-state index >= 15 is 0 Å². The Balaban J connectivity index is 1.72. The molecule has 118 valence electrons. The van der Waals surface area contributed by atoms with Crippen molar-refractivity contribution in [1.29, 1.82) is 0 Å². The van der Waals surface area contributed by atoms with E-state index in [9.17, 15) is 4.79 Å². The van der Waals surface area contributed by atoms with E-state index in [1.807, 2.05) is 42.7 Å². The van der Waals surface area contributed by atoms with Crippen molar-refractivity contribution in [2.45, 2.75) is 25.9 Å². The normalized spacial score (nSPS) is 12.0. The number of aromatic nitrogens is 1. The maximum absolute atomic E-state index is 12.3. The summed E-state index contributed by atoms with van der Waals surface area (Å²) in [6.45, 7) is 2.48. The number of hydrogen-bond donors (Lipinski definition) is 1. The lowest BCUT2D eigenvalue weighted by Crippen LogP contribution is -2.26. The molecular formula is C19H20N2O2. The molecule has 4 heteroatoms. The Morgan fingerprint density at radius 3 is 2.70 bits per heavy atom. The van der Waals surface area contributed by atoms with Gasteiger partial charge in [-0.25, -0.2) is 0 Å². The van der Waals surface area contributed by atoms with Crippen molar-refractivity contribution in [2.75, 3.05) is 0 Å². The molecule has 2 heterocycles. The second-order valence-electron chi connectivity index (χ2n) is 5.62. The molecule has 0 spiro atoms. The maximum Gasteiger partial charge on any atom is 0.222 e. The van der Waals surface area contributed by atoms with Crippen molar-refractivity contribution in [3.8, 4) is 0 Å². The largest absolute Gasteiger partial charge is 0.467 e. The zero-order valence-corrected chi connectivity index (χ0v) is 13.1. The van der Waals surface area contributed by atoms with E-state index in [0.717, 1.165) is 11.3 Å². The van der Waals surface area contributed by atoms with Crippen molar-refractivity contribution < 1.29 is 9.21 Å². The van der Waals surface area contributed by atoms with Crippen LogP contribution in [0.25, 0.3) is 0 Å². The summed E-state index contributed by atoms with van der Waals surface area (Å²) in [5.41, 5.74) is 2.32. The Labute approximate surface area is 135 Å². The molecule has 0 unspecified atom stereocenters. The highest BCUT2D eigenvalue weighted by atomic mass is 16.3. The van der Waals surface area contributed by atoms with E-state index in [1.54, 1.807) is 6.26 Å². The number of carbonyl (C=O) groups is 1. The highest BCUT2D eigenvalue weighted by Crippen LogP contribution is 2.23. The fraction of sp³-hybridized carbons (Fsp3) is 0.211. The topological polar surface area (TPSA) is 47.2 Å². The molecule has 0 saturated heterocycles. The van der Waals surface area contributed by atoms with Gasteiger partial charge >= 0.3 is 0 Å². The second kappa shape index (κ2) is 7.01. The molecule has 3 rings (SSSR count). The van der Waals surface area contributed by atoms with Gasteiger partial charge in [0.1, 0.15) is 5.76 Å². The van der Waals surface area contributed by atoms with Crippen molar-refractivity contribution >= 4 is 5.91 Å². The maximum atomic E-state index is 12.3. The lowest BCUT2D eigenvalue weighted by Gasteiger charge is -2.19. The molecule has 0 aliphatic carbocycles. The SMILES string of the molecule is Cc1cccc([C@@H](CC(=O)NCc2ccco2)n2cccc2)c1. The molecule has 0 radical (unpaired) electrons. The predicted octanol–water partition coefficient (Wildman–Crippen LogP) is 3.69. The fourth-order valence-corrected chi connectivity index (χ4v) is 2.68. The summed E-state index contributed by atoms with van der Waals surface area (Å²) in [5, 5.41) is 2.92. The van der Waals surface area contributed by atoms with Crippen LogP contribution in [0.2, 0.25) is 0 Å². The first-order valence-electron chi connectivity index (χ1n) is 7.70. The van der Waals surface area contributed by atoms with Crippen molar-refractivity contribution in [2.24, 2.45) is 0 Å². The lowest BCUT2D eigenvalue weighted by atomic mass is 10.0. The zero-order chi connectivity index (χ0) is 16.1. The average molecular weight is 308 g/mol. The van der Waals surface area contributed by atoms with Crippen molar-refractivity contribution in [1.82, 2.24) is 9.88 Å². The van der Waals surface area contributed by atoms with Gasteiger partial charge in [0.05, 0.1) is 25.3 Å². The van der Waals surface area contributed by atoms with Crippen LogP contribution < -0.4 is 5.32 Å². The predicted molar refractivity (Wildman–Crippen MR) is 88.9 cm³/mol. The number of nitrogens with one attached hydrogen (secondary N) is 1. The molecule has 1 aromatic carbocycles. The van der Waals surface area contributed by atoms with Gasteiger partial charge in [0.25, 0.3) is 0 Å². The smallest absolute Gasteiger partial charge is 0.222 e. The van der Waals surface area contributed by atoms with E-state index in [4.69, 9.17) is 4.42 Å². The third kappa shape index (κ3) is 3.92. The number of rotatable bonds is 6. The van der Waals surface area contributed by atoms with Gasteiger partial charge in [0.15, 0.2) is 0 Å². The molecule has 4 nitrogen and oxygen atoms in total. The van der Waals surface area contributed by atoms with Crippen LogP contribution >= 0.6 is 0 Å². The first kappa shape index (κ1) is 15.2. The first-order valence-corrected chi connectivity index (χ1v) is 7.70. The van der Waals surface area contributed by atoms with Crippen LogP contribution in [0.3, 0.4) is 0 Å². The van der Waals surface area contributed by atoms with E-state index in [-0.39, 0.29) is 11.9 Å². The number of benzene rings is 1. The third-order valence-corrected chi connectivity index (χ3v) is 3.83. The molecule has 0 saturated carbocycles. The number of carbonyl (C=O) groups excluding carboxylic acids is 1. The molecule has 0 aliphatic heterocycles. The Bertz CT molecular complexity index is 746. The summed E-state index contributed by atoms with van der Waals surface area (Å²) >= 11 is 0. The summed E-state index contributed by atoms with van der Waals surface area (Å²) in [6, 6.07) is 15.9. The molecular weight excluding hydrogens is 288 g/mol. The molecule has 3 aromatic rings. The molecule has 2 aromatic heterocycles. The van der Waals surface area contributed by atoms with Crippen LogP contribution in [-0.2, 0) is 11.3 Å². The third-order valence-electron chi connectivity index (χ3n) is 3.83. The minimum atomic E-state index is -0.0125. The summed E-state index contributed by atoms with van der Waals surface area (Å²) in [4.78, 5) is 12.3. The summed E-state index contributed by atoms with van der Waals surface area (Å²) < 4.78 is 7.31.